The lowest BCUT2D eigenvalue weighted by Gasteiger charge is -2.00. The van der Waals surface area contributed by atoms with E-state index in [1.54, 1.807) is 6.92 Å². The van der Waals surface area contributed by atoms with Gasteiger partial charge in [-0.15, -0.1) is 0 Å². The van der Waals surface area contributed by atoms with Crippen LogP contribution in [0, 0.1) is 22.9 Å². The Morgan fingerprint density at radius 1 is 1.53 bits per heavy atom. The molecule has 7 nitrogen and oxygen atoms in total. The zero-order valence-electron chi connectivity index (χ0n) is 8.68. The topological polar surface area (TPSA) is 93.8 Å². The molecule has 0 aliphatic rings. The molecular formula is C9H7FN4O3. The van der Waals surface area contributed by atoms with Crippen LogP contribution in [0.15, 0.2) is 23.0 Å². The average Bonchev–Trinajstić information content (AvgIpc) is 2.57. The van der Waals surface area contributed by atoms with Gasteiger partial charge in [0, 0.05) is 6.07 Å². The van der Waals surface area contributed by atoms with Gasteiger partial charge in [0.2, 0.25) is 0 Å². The van der Waals surface area contributed by atoms with Crippen molar-refractivity contribution in [3.05, 3.63) is 50.4 Å². The zero-order chi connectivity index (χ0) is 12.6. The highest BCUT2D eigenvalue weighted by molar-refractivity contribution is 5.41. The molecule has 0 radical (unpaired) electrons. The number of aryl methyl sites for hydroxylation is 1. The number of aromatic nitrogens is 3. The quantitative estimate of drug-likeness (QED) is 0.621. The number of halogens is 1. The number of hydrogen-bond donors (Lipinski definition) is 1. The molecular weight excluding hydrogens is 231 g/mol. The van der Waals surface area contributed by atoms with E-state index in [0.717, 1.165) is 22.9 Å². The highest BCUT2D eigenvalue weighted by Crippen LogP contribution is 2.18. The van der Waals surface area contributed by atoms with Gasteiger partial charge < -0.3 is 0 Å². The molecule has 1 N–H and O–H groups in total. The first-order chi connectivity index (χ1) is 7.99. The summed E-state index contributed by atoms with van der Waals surface area (Å²) in [6.45, 7) is 1.54. The SMILES string of the molecule is Cc1nn(-c2ccc([N+](=O)[O-])cc2F)c(=O)[nH]1. The number of aromatic amines is 1. The minimum atomic E-state index is -0.882. The van der Waals surface area contributed by atoms with Crippen molar-refractivity contribution in [3.8, 4) is 5.69 Å². The fourth-order valence-corrected chi connectivity index (χ4v) is 1.37. The highest BCUT2D eigenvalue weighted by Gasteiger charge is 2.14. The van der Waals surface area contributed by atoms with Gasteiger partial charge in [-0.1, -0.05) is 0 Å². The number of nitrogens with zero attached hydrogens (tertiary/aromatic N) is 3. The molecule has 2 rings (SSSR count). The lowest BCUT2D eigenvalue weighted by atomic mass is 10.3. The van der Waals surface area contributed by atoms with E-state index in [1.807, 2.05) is 0 Å². The standard InChI is InChI=1S/C9H7FN4O3/c1-5-11-9(15)13(12-5)8-3-2-6(14(16)17)4-7(8)10/h2-4H,1H3,(H,11,12,15). The Labute approximate surface area is 93.7 Å². The minimum Gasteiger partial charge on any atom is -0.293 e. The van der Waals surface area contributed by atoms with Gasteiger partial charge in [0.05, 0.1) is 11.0 Å². The molecule has 0 spiro atoms. The maximum atomic E-state index is 13.6. The van der Waals surface area contributed by atoms with Crippen molar-refractivity contribution < 1.29 is 9.31 Å². The Hall–Kier alpha value is -2.51. The molecule has 88 valence electrons. The van der Waals surface area contributed by atoms with Gasteiger partial charge >= 0.3 is 5.69 Å². The third-order valence-electron chi connectivity index (χ3n) is 2.10. The van der Waals surface area contributed by atoms with Crippen LogP contribution in [0.3, 0.4) is 0 Å². The molecule has 17 heavy (non-hydrogen) atoms. The van der Waals surface area contributed by atoms with E-state index in [1.165, 1.54) is 0 Å². The summed E-state index contributed by atoms with van der Waals surface area (Å²) in [6.07, 6.45) is 0. The summed E-state index contributed by atoms with van der Waals surface area (Å²) < 4.78 is 14.4. The van der Waals surface area contributed by atoms with Gasteiger partial charge in [0.1, 0.15) is 11.5 Å². The largest absolute Gasteiger partial charge is 0.348 e. The number of rotatable bonds is 2. The fraction of sp³-hybridized carbons (Fsp3) is 0.111. The summed E-state index contributed by atoms with van der Waals surface area (Å²) in [4.78, 5) is 23.4. The van der Waals surface area contributed by atoms with Crippen LogP contribution in [0.25, 0.3) is 5.69 Å². The second kappa shape index (κ2) is 3.81. The highest BCUT2D eigenvalue weighted by atomic mass is 19.1. The molecule has 0 atom stereocenters. The van der Waals surface area contributed by atoms with Gasteiger partial charge in [-0.3, -0.25) is 15.1 Å². The summed E-state index contributed by atoms with van der Waals surface area (Å²) in [5, 5.41) is 14.2. The van der Waals surface area contributed by atoms with E-state index in [9.17, 15) is 19.3 Å². The third kappa shape index (κ3) is 1.92. The lowest BCUT2D eigenvalue weighted by molar-refractivity contribution is -0.385. The van der Waals surface area contributed by atoms with E-state index in [2.05, 4.69) is 10.1 Å². The Balaban J connectivity index is 2.58. The maximum absolute atomic E-state index is 13.6. The second-order valence-electron chi connectivity index (χ2n) is 3.32. The number of nitro groups is 1. The minimum absolute atomic E-state index is 0.134. The normalized spacial score (nSPS) is 10.5. The number of nitro benzene ring substituents is 1. The van der Waals surface area contributed by atoms with Gasteiger partial charge in [0.25, 0.3) is 5.69 Å². The molecule has 1 aromatic carbocycles. The van der Waals surface area contributed by atoms with Crippen LogP contribution < -0.4 is 5.69 Å². The van der Waals surface area contributed by atoms with Crippen molar-refractivity contribution >= 4 is 5.69 Å². The van der Waals surface area contributed by atoms with Crippen molar-refractivity contribution in [3.63, 3.8) is 0 Å². The lowest BCUT2D eigenvalue weighted by Crippen LogP contribution is -2.17. The molecule has 0 saturated heterocycles. The Morgan fingerprint density at radius 2 is 2.24 bits per heavy atom. The van der Waals surface area contributed by atoms with Crippen molar-refractivity contribution in [1.29, 1.82) is 0 Å². The van der Waals surface area contributed by atoms with Crippen molar-refractivity contribution in [2.24, 2.45) is 0 Å². The van der Waals surface area contributed by atoms with Gasteiger partial charge in [-0.25, -0.2) is 9.18 Å². The van der Waals surface area contributed by atoms with Crippen molar-refractivity contribution in [1.82, 2.24) is 14.8 Å². The number of hydrogen-bond acceptors (Lipinski definition) is 4. The maximum Gasteiger partial charge on any atom is 0.348 e. The molecule has 1 heterocycles. The summed E-state index contributed by atoms with van der Waals surface area (Å²) in [7, 11) is 0. The van der Waals surface area contributed by atoms with Gasteiger partial charge in [0.15, 0.2) is 5.82 Å². The first-order valence-corrected chi connectivity index (χ1v) is 4.59. The van der Waals surface area contributed by atoms with Crippen LogP contribution in [0.4, 0.5) is 10.1 Å². The molecule has 0 amide bonds. The van der Waals surface area contributed by atoms with E-state index < -0.39 is 16.4 Å². The van der Waals surface area contributed by atoms with E-state index in [0.29, 0.717) is 5.82 Å². The zero-order valence-corrected chi connectivity index (χ0v) is 8.68. The summed E-state index contributed by atoms with van der Waals surface area (Å²) in [5.74, 6) is -0.555. The molecule has 0 unspecified atom stereocenters. The van der Waals surface area contributed by atoms with Crippen LogP contribution in [0.5, 0.6) is 0 Å². The smallest absolute Gasteiger partial charge is 0.293 e. The molecule has 8 heteroatoms. The monoisotopic (exact) mass is 238 g/mol. The first-order valence-electron chi connectivity index (χ1n) is 4.59. The van der Waals surface area contributed by atoms with E-state index in [4.69, 9.17) is 0 Å². The van der Waals surface area contributed by atoms with Crippen molar-refractivity contribution in [2.45, 2.75) is 6.92 Å². The molecule has 1 aromatic heterocycles. The average molecular weight is 238 g/mol. The number of nitrogens with one attached hydrogen (secondary N) is 1. The predicted molar refractivity (Wildman–Crippen MR) is 55.5 cm³/mol. The second-order valence-corrected chi connectivity index (χ2v) is 3.32. The Kier molecular flexibility index (Phi) is 2.47. The predicted octanol–water partition coefficient (Wildman–Crippen LogP) is 0.916. The summed E-state index contributed by atoms with van der Waals surface area (Å²) >= 11 is 0. The van der Waals surface area contributed by atoms with E-state index in [-0.39, 0.29) is 11.4 Å². The number of non-ortho nitro benzene ring substituents is 1. The summed E-state index contributed by atoms with van der Waals surface area (Å²) in [5.41, 5.74) is -1.12. The van der Waals surface area contributed by atoms with Crippen molar-refractivity contribution in [2.75, 3.05) is 0 Å². The molecule has 0 saturated carbocycles. The fourth-order valence-electron chi connectivity index (χ4n) is 1.37. The third-order valence-corrected chi connectivity index (χ3v) is 2.10. The summed E-state index contributed by atoms with van der Waals surface area (Å²) in [6, 6.07) is 2.98. The molecule has 0 aliphatic heterocycles. The Morgan fingerprint density at radius 3 is 2.71 bits per heavy atom. The van der Waals surface area contributed by atoms with Crippen LogP contribution in [0.1, 0.15) is 5.82 Å². The first kappa shape index (κ1) is 11.0. The Bertz CT molecular complexity index is 646. The van der Waals surface area contributed by atoms with Crippen LogP contribution in [-0.2, 0) is 0 Å². The number of H-pyrrole nitrogens is 1. The molecule has 0 aliphatic carbocycles. The molecule has 2 aromatic rings. The molecule has 0 bridgehead atoms. The van der Waals surface area contributed by atoms with Crippen LogP contribution in [-0.4, -0.2) is 19.7 Å². The van der Waals surface area contributed by atoms with E-state index >= 15 is 0 Å². The molecule has 0 fully saturated rings. The van der Waals surface area contributed by atoms with Gasteiger partial charge in [-0.2, -0.15) is 9.78 Å². The van der Waals surface area contributed by atoms with Crippen LogP contribution in [0.2, 0.25) is 0 Å². The number of benzene rings is 1. The van der Waals surface area contributed by atoms with Gasteiger partial charge in [-0.05, 0) is 13.0 Å². The van der Waals surface area contributed by atoms with Crippen LogP contribution >= 0.6 is 0 Å².